The van der Waals surface area contributed by atoms with E-state index in [4.69, 9.17) is 10.1 Å². The normalized spacial score (nSPS) is 13.4. The van der Waals surface area contributed by atoms with Crippen molar-refractivity contribution in [3.05, 3.63) is 108 Å². The van der Waals surface area contributed by atoms with E-state index >= 15 is 0 Å². The van der Waals surface area contributed by atoms with Crippen molar-refractivity contribution >= 4 is 16.7 Å². The molecule has 0 spiro atoms. The lowest BCUT2D eigenvalue weighted by Crippen LogP contribution is -2.10. The number of nitrogens with zero attached hydrogens (tertiary/aromatic N) is 2. The van der Waals surface area contributed by atoms with Crippen LogP contribution < -0.4 is 10.4 Å². The van der Waals surface area contributed by atoms with Crippen molar-refractivity contribution in [3.8, 4) is 22.5 Å². The molecule has 6 rings (SSSR count). The fourth-order valence-corrected chi connectivity index (χ4v) is 4.24. The Bertz CT molecular complexity index is 1400. The van der Waals surface area contributed by atoms with Crippen LogP contribution in [0.5, 0.6) is 0 Å². The molecule has 1 aliphatic carbocycles. The van der Waals surface area contributed by atoms with Gasteiger partial charge in [-0.3, -0.25) is 0 Å². The summed E-state index contributed by atoms with van der Waals surface area (Å²) in [6.45, 7) is 0.682. The van der Waals surface area contributed by atoms with Crippen LogP contribution in [-0.4, -0.2) is 15.7 Å². The average Bonchev–Trinajstić information content (AvgIpc) is 3.40. The van der Waals surface area contributed by atoms with Crippen molar-refractivity contribution in [3.63, 3.8) is 0 Å². The van der Waals surface area contributed by atoms with Gasteiger partial charge < -0.3 is 10.4 Å². The number of H-pyrrole nitrogens is 2. The molecular weight excluding hydrogens is 382 g/mol. The van der Waals surface area contributed by atoms with Crippen LogP contribution in [0.3, 0.4) is 0 Å². The van der Waals surface area contributed by atoms with Crippen molar-refractivity contribution in [1.29, 1.82) is 0 Å². The highest BCUT2D eigenvalue weighted by Gasteiger charge is 2.28. The molecule has 3 N–H and O–H groups in total. The number of hydrogen-bond donors (Lipinski definition) is 2. The van der Waals surface area contributed by atoms with Gasteiger partial charge in [-0.25, -0.2) is 9.97 Å². The molecule has 0 saturated heterocycles. The molecule has 1 aliphatic rings. The number of pyridine rings is 1. The second-order valence-corrected chi connectivity index (χ2v) is 7.58. The number of nitrogens with one attached hydrogen (secondary N) is 3. The van der Waals surface area contributed by atoms with Gasteiger partial charge >= 0.3 is 0 Å². The van der Waals surface area contributed by atoms with Crippen molar-refractivity contribution in [2.24, 2.45) is 5.10 Å². The molecule has 3 aromatic carbocycles. The Morgan fingerprint density at radius 3 is 2.45 bits per heavy atom. The summed E-state index contributed by atoms with van der Waals surface area (Å²) in [4.78, 5) is 11.4. The van der Waals surface area contributed by atoms with Gasteiger partial charge in [0.15, 0.2) is 12.4 Å². The Morgan fingerprint density at radius 2 is 1.58 bits per heavy atom. The SMILES string of the molecule is c1ccc(CNN=C2c3ccccc3-c3c2cccc3-c2nc3cc[nH+]cc3[nH]2)cc1. The van der Waals surface area contributed by atoms with Gasteiger partial charge in [-0.15, -0.1) is 0 Å². The van der Waals surface area contributed by atoms with Gasteiger partial charge in [-0.1, -0.05) is 72.8 Å². The topological polar surface area (TPSA) is 67.2 Å². The quantitative estimate of drug-likeness (QED) is 0.424. The molecule has 0 aliphatic heterocycles. The maximum atomic E-state index is 4.83. The van der Waals surface area contributed by atoms with Crippen molar-refractivity contribution in [2.45, 2.75) is 6.54 Å². The van der Waals surface area contributed by atoms with Crippen LogP contribution in [0.2, 0.25) is 0 Å². The van der Waals surface area contributed by atoms with Gasteiger partial charge in [-0.05, 0) is 11.1 Å². The zero-order chi connectivity index (χ0) is 20.6. The van der Waals surface area contributed by atoms with Crippen LogP contribution in [0.4, 0.5) is 0 Å². The highest BCUT2D eigenvalue weighted by atomic mass is 15.3. The molecule has 148 valence electrons. The third-order valence-corrected chi connectivity index (χ3v) is 5.67. The fourth-order valence-electron chi connectivity index (χ4n) is 4.24. The molecule has 0 fully saturated rings. The Morgan fingerprint density at radius 1 is 0.806 bits per heavy atom. The summed E-state index contributed by atoms with van der Waals surface area (Å²) in [5, 5.41) is 4.81. The molecule has 0 amide bonds. The van der Waals surface area contributed by atoms with Gasteiger partial charge in [0.2, 0.25) is 0 Å². The smallest absolute Gasteiger partial charge is 0.193 e. The third-order valence-electron chi connectivity index (χ3n) is 5.67. The van der Waals surface area contributed by atoms with Gasteiger partial charge in [0, 0.05) is 28.3 Å². The summed E-state index contributed by atoms with van der Waals surface area (Å²) in [6.07, 6.45) is 3.82. The first kappa shape index (κ1) is 17.6. The first-order valence-electron chi connectivity index (χ1n) is 10.3. The number of benzene rings is 3. The molecule has 5 aromatic rings. The fraction of sp³-hybridized carbons (Fsp3) is 0.0385. The standard InChI is InChI=1S/C26H19N5/c1-2-7-17(8-3-1)15-28-31-25-19-10-5-4-9-18(19)24-20(25)11-6-12-21(24)26-29-22-13-14-27-16-23(22)30-26/h1-14,16,28H,15H2,(H,29,30)/p+1. The van der Waals surface area contributed by atoms with Crippen LogP contribution in [-0.2, 0) is 6.54 Å². The minimum absolute atomic E-state index is 0.682. The maximum absolute atomic E-state index is 4.83. The summed E-state index contributed by atoms with van der Waals surface area (Å²) >= 11 is 0. The number of rotatable bonds is 4. The van der Waals surface area contributed by atoms with Crippen LogP contribution in [0.25, 0.3) is 33.5 Å². The van der Waals surface area contributed by atoms with Gasteiger partial charge in [0.25, 0.3) is 0 Å². The molecule has 0 atom stereocenters. The van der Waals surface area contributed by atoms with E-state index in [-0.39, 0.29) is 0 Å². The van der Waals surface area contributed by atoms with E-state index in [0.29, 0.717) is 6.54 Å². The average molecular weight is 402 g/mol. The van der Waals surface area contributed by atoms with Crippen LogP contribution in [0.15, 0.2) is 96.4 Å². The number of fused-ring (bicyclic) bond motifs is 4. The van der Waals surface area contributed by atoms with E-state index < -0.39 is 0 Å². The molecule has 2 heterocycles. The second kappa shape index (κ2) is 7.22. The number of aromatic amines is 2. The van der Waals surface area contributed by atoms with Crippen LogP contribution in [0.1, 0.15) is 16.7 Å². The first-order chi connectivity index (χ1) is 15.4. The van der Waals surface area contributed by atoms with Crippen LogP contribution >= 0.6 is 0 Å². The first-order valence-corrected chi connectivity index (χ1v) is 10.3. The molecule has 5 nitrogen and oxygen atoms in total. The molecule has 2 aromatic heterocycles. The van der Waals surface area contributed by atoms with E-state index in [1.54, 1.807) is 0 Å². The summed E-state index contributed by atoms with van der Waals surface area (Å²) in [5.74, 6) is 0.861. The lowest BCUT2D eigenvalue weighted by Gasteiger charge is -2.07. The molecule has 0 saturated carbocycles. The van der Waals surface area contributed by atoms with E-state index in [0.717, 1.165) is 39.3 Å². The van der Waals surface area contributed by atoms with E-state index in [2.05, 4.69) is 70.0 Å². The molecular formula is C26H20N5+. The number of hydrazone groups is 1. The zero-order valence-electron chi connectivity index (χ0n) is 16.8. The van der Waals surface area contributed by atoms with Crippen molar-refractivity contribution in [2.75, 3.05) is 0 Å². The Labute approximate surface area is 179 Å². The van der Waals surface area contributed by atoms with Gasteiger partial charge in [0.1, 0.15) is 16.9 Å². The molecule has 5 heteroatoms. The summed E-state index contributed by atoms with van der Waals surface area (Å²) in [7, 11) is 0. The van der Waals surface area contributed by atoms with E-state index in [1.807, 2.05) is 36.7 Å². The minimum Gasteiger partial charge on any atom is -0.333 e. The Hall–Kier alpha value is -4.25. The predicted octanol–water partition coefficient (Wildman–Crippen LogP) is 4.57. The van der Waals surface area contributed by atoms with Gasteiger partial charge in [-0.2, -0.15) is 5.10 Å². The Kier molecular flexibility index (Phi) is 4.10. The lowest BCUT2D eigenvalue weighted by atomic mass is 9.99. The lowest BCUT2D eigenvalue weighted by molar-refractivity contribution is -0.376. The summed E-state index contributed by atoms with van der Waals surface area (Å²) in [6, 6.07) is 27.1. The predicted molar refractivity (Wildman–Crippen MR) is 122 cm³/mol. The third kappa shape index (κ3) is 2.99. The number of hydrogen-bond acceptors (Lipinski definition) is 3. The molecule has 0 bridgehead atoms. The minimum atomic E-state index is 0.682. The number of aromatic nitrogens is 3. The molecule has 0 radical (unpaired) electrons. The summed E-state index contributed by atoms with van der Waals surface area (Å²) < 4.78 is 0. The van der Waals surface area contributed by atoms with E-state index in [9.17, 15) is 0 Å². The van der Waals surface area contributed by atoms with Crippen molar-refractivity contribution < 1.29 is 4.98 Å². The van der Waals surface area contributed by atoms with Crippen LogP contribution in [0, 0.1) is 0 Å². The summed E-state index contributed by atoms with van der Waals surface area (Å²) in [5.41, 5.74) is 13.0. The molecule has 31 heavy (non-hydrogen) atoms. The zero-order valence-corrected chi connectivity index (χ0v) is 16.8. The highest BCUT2D eigenvalue weighted by Crippen LogP contribution is 2.42. The largest absolute Gasteiger partial charge is 0.333 e. The van der Waals surface area contributed by atoms with Crippen molar-refractivity contribution in [1.82, 2.24) is 15.4 Å². The van der Waals surface area contributed by atoms with Gasteiger partial charge in [0.05, 0.1) is 12.3 Å². The monoisotopic (exact) mass is 402 g/mol. The highest BCUT2D eigenvalue weighted by molar-refractivity contribution is 6.26. The Balaban J connectivity index is 1.46. The second-order valence-electron chi connectivity index (χ2n) is 7.58. The molecule has 0 unspecified atom stereocenters. The number of imidazole rings is 1. The van der Waals surface area contributed by atoms with E-state index in [1.165, 1.54) is 16.7 Å². The maximum Gasteiger partial charge on any atom is 0.193 e.